The lowest BCUT2D eigenvalue weighted by Crippen LogP contribution is -2.40. The lowest BCUT2D eigenvalue weighted by Gasteiger charge is -2.30. The molecule has 0 atom stereocenters. The summed E-state index contributed by atoms with van der Waals surface area (Å²) in [6.45, 7) is 5.46. The predicted molar refractivity (Wildman–Crippen MR) is 136 cm³/mol. The van der Waals surface area contributed by atoms with Gasteiger partial charge in [0.2, 0.25) is 17.8 Å². The van der Waals surface area contributed by atoms with E-state index in [4.69, 9.17) is 14.5 Å². The van der Waals surface area contributed by atoms with Crippen LogP contribution in [0.3, 0.4) is 0 Å². The SMILES string of the molecule is O=[N+]([O-])c1cccc(C=Nc2ccc(Nc3nc(N4CCOCC4)nc(N4CCOCC4)n3)cc2)c1. The summed E-state index contributed by atoms with van der Waals surface area (Å²) in [6.07, 6.45) is 1.60. The average molecular weight is 491 g/mol. The Morgan fingerprint density at radius 2 is 1.50 bits per heavy atom. The molecular formula is C24H26N8O4. The number of nitrogens with zero attached hydrogens (tertiary/aromatic N) is 7. The van der Waals surface area contributed by atoms with Crippen molar-refractivity contribution < 1.29 is 14.4 Å². The van der Waals surface area contributed by atoms with Crippen LogP contribution in [0, 0.1) is 10.1 Å². The summed E-state index contributed by atoms with van der Waals surface area (Å²) in [5, 5.41) is 14.2. The van der Waals surface area contributed by atoms with Crippen LogP contribution < -0.4 is 15.1 Å². The summed E-state index contributed by atoms with van der Waals surface area (Å²) in [5.74, 6) is 1.70. The predicted octanol–water partition coefficient (Wildman–Crippen LogP) is 2.95. The van der Waals surface area contributed by atoms with Crippen LogP contribution in [0.2, 0.25) is 0 Å². The Labute approximate surface area is 207 Å². The molecule has 2 aliphatic rings. The molecule has 12 nitrogen and oxygen atoms in total. The van der Waals surface area contributed by atoms with Gasteiger partial charge in [-0.3, -0.25) is 15.1 Å². The van der Waals surface area contributed by atoms with E-state index in [0.717, 1.165) is 31.9 Å². The number of anilines is 4. The number of nitro groups is 1. The Bertz CT molecular complexity index is 1190. The van der Waals surface area contributed by atoms with Crippen LogP contribution in [-0.2, 0) is 9.47 Å². The third kappa shape index (κ3) is 5.90. The first-order valence-electron chi connectivity index (χ1n) is 11.7. The van der Waals surface area contributed by atoms with Crippen molar-refractivity contribution in [1.82, 2.24) is 15.0 Å². The van der Waals surface area contributed by atoms with Gasteiger partial charge in [0.1, 0.15) is 0 Å². The lowest BCUT2D eigenvalue weighted by atomic mass is 10.2. The fourth-order valence-corrected chi connectivity index (χ4v) is 3.85. The normalized spacial score (nSPS) is 16.3. The molecule has 2 fully saturated rings. The molecule has 0 spiro atoms. The molecule has 2 aliphatic heterocycles. The van der Waals surface area contributed by atoms with E-state index in [1.54, 1.807) is 18.3 Å². The summed E-state index contributed by atoms with van der Waals surface area (Å²) in [4.78, 5) is 33.2. The maximum Gasteiger partial charge on any atom is 0.270 e. The molecule has 2 aromatic carbocycles. The zero-order valence-electron chi connectivity index (χ0n) is 19.6. The van der Waals surface area contributed by atoms with Gasteiger partial charge in [0.15, 0.2) is 0 Å². The van der Waals surface area contributed by atoms with Gasteiger partial charge >= 0.3 is 0 Å². The van der Waals surface area contributed by atoms with Gasteiger partial charge in [-0.2, -0.15) is 15.0 Å². The molecular weight excluding hydrogens is 464 g/mol. The Balaban J connectivity index is 1.32. The lowest BCUT2D eigenvalue weighted by molar-refractivity contribution is -0.384. The second-order valence-electron chi connectivity index (χ2n) is 8.24. The first-order valence-corrected chi connectivity index (χ1v) is 11.7. The molecule has 0 saturated carbocycles. The highest BCUT2D eigenvalue weighted by Gasteiger charge is 2.20. The highest BCUT2D eigenvalue weighted by atomic mass is 16.6. The molecule has 0 unspecified atom stereocenters. The van der Waals surface area contributed by atoms with Crippen molar-refractivity contribution in [3.63, 3.8) is 0 Å². The number of nitro benzene ring substituents is 1. The summed E-state index contributed by atoms with van der Waals surface area (Å²) >= 11 is 0. The van der Waals surface area contributed by atoms with Crippen molar-refractivity contribution >= 4 is 41.1 Å². The van der Waals surface area contributed by atoms with E-state index in [1.807, 2.05) is 24.3 Å². The quantitative estimate of drug-likeness (QED) is 0.299. The van der Waals surface area contributed by atoms with Crippen LogP contribution >= 0.6 is 0 Å². The van der Waals surface area contributed by atoms with Gasteiger partial charge in [-0.05, 0) is 29.8 Å². The number of aliphatic imine (C=N–C) groups is 1. The van der Waals surface area contributed by atoms with E-state index < -0.39 is 4.92 Å². The van der Waals surface area contributed by atoms with Crippen molar-refractivity contribution in [3.8, 4) is 0 Å². The molecule has 1 N–H and O–H groups in total. The number of hydrogen-bond donors (Lipinski definition) is 1. The molecule has 36 heavy (non-hydrogen) atoms. The average Bonchev–Trinajstić information content (AvgIpc) is 2.93. The van der Waals surface area contributed by atoms with E-state index in [0.29, 0.717) is 55.5 Å². The highest BCUT2D eigenvalue weighted by Crippen LogP contribution is 2.23. The van der Waals surface area contributed by atoms with E-state index in [2.05, 4.69) is 30.1 Å². The number of nitrogens with one attached hydrogen (secondary N) is 1. The Kier molecular flexibility index (Phi) is 7.24. The first kappa shape index (κ1) is 23.6. The Morgan fingerprint density at radius 3 is 2.08 bits per heavy atom. The third-order valence-electron chi connectivity index (χ3n) is 5.77. The summed E-state index contributed by atoms with van der Waals surface area (Å²) in [5.41, 5.74) is 2.20. The van der Waals surface area contributed by atoms with Gasteiger partial charge in [0.25, 0.3) is 5.69 Å². The number of aromatic nitrogens is 3. The van der Waals surface area contributed by atoms with Crippen molar-refractivity contribution in [2.75, 3.05) is 67.7 Å². The first-order chi connectivity index (χ1) is 17.6. The highest BCUT2D eigenvalue weighted by molar-refractivity contribution is 5.83. The zero-order chi connectivity index (χ0) is 24.7. The van der Waals surface area contributed by atoms with Crippen LogP contribution in [0.4, 0.5) is 34.9 Å². The van der Waals surface area contributed by atoms with Gasteiger partial charge in [0.05, 0.1) is 37.0 Å². The van der Waals surface area contributed by atoms with Gasteiger partial charge < -0.3 is 24.6 Å². The molecule has 186 valence electrons. The summed E-state index contributed by atoms with van der Waals surface area (Å²) in [6, 6.07) is 13.8. The van der Waals surface area contributed by atoms with Crippen LogP contribution in [0.25, 0.3) is 0 Å². The van der Waals surface area contributed by atoms with Crippen molar-refractivity contribution in [2.24, 2.45) is 4.99 Å². The molecule has 5 rings (SSSR count). The van der Waals surface area contributed by atoms with Crippen LogP contribution in [-0.4, -0.2) is 78.7 Å². The summed E-state index contributed by atoms with van der Waals surface area (Å²) in [7, 11) is 0. The fourth-order valence-electron chi connectivity index (χ4n) is 3.85. The third-order valence-corrected chi connectivity index (χ3v) is 5.77. The Hall–Kier alpha value is -4.16. The molecule has 0 aliphatic carbocycles. The van der Waals surface area contributed by atoms with E-state index in [1.165, 1.54) is 12.1 Å². The number of ether oxygens (including phenoxy) is 2. The number of hydrogen-bond acceptors (Lipinski definition) is 11. The van der Waals surface area contributed by atoms with Gasteiger partial charge in [0, 0.05) is 50.2 Å². The molecule has 0 bridgehead atoms. The van der Waals surface area contributed by atoms with E-state index in [9.17, 15) is 10.1 Å². The fraction of sp³-hybridized carbons (Fsp3) is 0.333. The molecule has 0 amide bonds. The molecule has 2 saturated heterocycles. The number of morpholine rings is 2. The van der Waals surface area contributed by atoms with Crippen molar-refractivity contribution in [3.05, 3.63) is 64.2 Å². The second kappa shape index (κ2) is 11.1. The van der Waals surface area contributed by atoms with Crippen LogP contribution in [0.1, 0.15) is 5.56 Å². The van der Waals surface area contributed by atoms with Crippen LogP contribution in [0.15, 0.2) is 53.5 Å². The summed E-state index contributed by atoms with van der Waals surface area (Å²) < 4.78 is 10.9. The minimum atomic E-state index is -0.423. The van der Waals surface area contributed by atoms with Gasteiger partial charge in [-0.25, -0.2) is 0 Å². The molecule has 0 radical (unpaired) electrons. The molecule has 1 aromatic heterocycles. The van der Waals surface area contributed by atoms with Crippen molar-refractivity contribution in [1.29, 1.82) is 0 Å². The standard InChI is InChI=1S/C24H26N8O4/c33-32(34)21-3-1-2-18(16-21)17-25-19-4-6-20(7-5-19)26-22-27-23(30-8-12-35-13-9-30)29-24(28-22)31-10-14-36-15-11-31/h1-7,16-17H,8-15H2,(H,26,27,28,29). The largest absolute Gasteiger partial charge is 0.378 e. The van der Waals surface area contributed by atoms with Gasteiger partial charge in [-0.15, -0.1) is 0 Å². The van der Waals surface area contributed by atoms with Crippen molar-refractivity contribution in [2.45, 2.75) is 0 Å². The van der Waals surface area contributed by atoms with E-state index in [-0.39, 0.29) is 5.69 Å². The number of benzene rings is 2. The maximum absolute atomic E-state index is 11.0. The molecule has 3 heterocycles. The number of non-ortho nitro benzene ring substituents is 1. The topological polar surface area (TPSA) is 131 Å². The maximum atomic E-state index is 11.0. The van der Waals surface area contributed by atoms with Gasteiger partial charge in [-0.1, -0.05) is 12.1 Å². The minimum absolute atomic E-state index is 0.0312. The molecule has 12 heteroatoms. The smallest absolute Gasteiger partial charge is 0.270 e. The van der Waals surface area contributed by atoms with E-state index >= 15 is 0 Å². The minimum Gasteiger partial charge on any atom is -0.378 e. The Morgan fingerprint density at radius 1 is 0.889 bits per heavy atom. The monoisotopic (exact) mass is 490 g/mol. The second-order valence-corrected chi connectivity index (χ2v) is 8.24. The molecule has 3 aromatic rings. The van der Waals surface area contributed by atoms with Crippen LogP contribution in [0.5, 0.6) is 0 Å². The number of rotatable bonds is 7. The zero-order valence-corrected chi connectivity index (χ0v) is 19.6.